The van der Waals surface area contributed by atoms with Crippen molar-refractivity contribution in [3.63, 3.8) is 0 Å². The molecule has 0 bridgehead atoms. The fourth-order valence-corrected chi connectivity index (χ4v) is 4.03. The smallest absolute Gasteiger partial charge is 0.243 e. The first-order valence-electron chi connectivity index (χ1n) is 7.00. The molecule has 0 unspecified atom stereocenters. The summed E-state index contributed by atoms with van der Waals surface area (Å²) in [4.78, 5) is 11.7. The van der Waals surface area contributed by atoms with Crippen molar-refractivity contribution in [3.8, 4) is 0 Å². The molecule has 5 nitrogen and oxygen atoms in total. The largest absolute Gasteiger partial charge is 0.326 e. The second-order valence-electron chi connectivity index (χ2n) is 4.98. The first kappa shape index (κ1) is 16.3. The van der Waals surface area contributed by atoms with Crippen LogP contribution in [0.4, 0.5) is 5.69 Å². The molecular weight excluding hydrogens is 312 g/mol. The number of benzene rings is 1. The number of hydrogen-bond donors (Lipinski definition) is 1. The number of amides is 1. The van der Waals surface area contributed by atoms with E-state index in [1.165, 1.54) is 10.4 Å². The average molecular weight is 331 g/mol. The number of nitrogens with one attached hydrogen (secondary N) is 1. The zero-order valence-corrected chi connectivity index (χ0v) is 13.3. The lowest BCUT2D eigenvalue weighted by Crippen LogP contribution is -2.35. The Hall–Kier alpha value is -1.11. The van der Waals surface area contributed by atoms with E-state index in [-0.39, 0.29) is 23.1 Å². The Morgan fingerprint density at radius 2 is 1.95 bits per heavy atom. The zero-order chi connectivity index (χ0) is 15.3. The van der Waals surface area contributed by atoms with Gasteiger partial charge in [0.2, 0.25) is 15.9 Å². The number of carbonyl (C=O) groups is 1. The Bertz CT molecular complexity index is 598. The van der Waals surface area contributed by atoms with Crippen LogP contribution in [0.1, 0.15) is 25.7 Å². The molecule has 1 aliphatic heterocycles. The van der Waals surface area contributed by atoms with Gasteiger partial charge in [-0.3, -0.25) is 4.79 Å². The van der Waals surface area contributed by atoms with E-state index in [1.807, 2.05) is 0 Å². The van der Waals surface area contributed by atoms with Crippen molar-refractivity contribution in [3.05, 3.63) is 24.3 Å². The summed E-state index contributed by atoms with van der Waals surface area (Å²) in [5, 5.41) is 2.65. The van der Waals surface area contributed by atoms with Crippen molar-refractivity contribution in [2.45, 2.75) is 30.6 Å². The molecule has 1 heterocycles. The van der Waals surface area contributed by atoms with Gasteiger partial charge in [-0.25, -0.2) is 8.42 Å². The number of piperidine rings is 1. The Morgan fingerprint density at radius 1 is 1.24 bits per heavy atom. The average Bonchev–Trinajstić information content (AvgIpc) is 2.48. The predicted octanol–water partition coefficient (Wildman–Crippen LogP) is 2.43. The molecule has 1 aromatic rings. The van der Waals surface area contributed by atoms with E-state index >= 15 is 0 Å². The number of hydrogen-bond acceptors (Lipinski definition) is 3. The van der Waals surface area contributed by atoms with Gasteiger partial charge in [0.25, 0.3) is 0 Å². The van der Waals surface area contributed by atoms with E-state index < -0.39 is 10.0 Å². The van der Waals surface area contributed by atoms with Crippen LogP contribution in [0.3, 0.4) is 0 Å². The van der Waals surface area contributed by atoms with E-state index in [0.717, 1.165) is 19.3 Å². The summed E-state index contributed by atoms with van der Waals surface area (Å²) >= 11 is 5.50. The highest BCUT2D eigenvalue weighted by atomic mass is 35.5. The van der Waals surface area contributed by atoms with Crippen molar-refractivity contribution in [2.75, 3.05) is 24.3 Å². The Kier molecular flexibility index (Phi) is 5.61. The third-order valence-corrected chi connectivity index (χ3v) is 5.48. The molecular formula is C14H19ClN2O3S. The number of halogens is 1. The fraction of sp³-hybridized carbons (Fsp3) is 0.500. The first-order valence-corrected chi connectivity index (χ1v) is 8.97. The van der Waals surface area contributed by atoms with Gasteiger partial charge in [-0.05, 0) is 31.0 Å². The normalized spacial score (nSPS) is 16.6. The van der Waals surface area contributed by atoms with E-state index in [2.05, 4.69) is 5.32 Å². The van der Waals surface area contributed by atoms with Crippen LogP contribution >= 0.6 is 11.6 Å². The minimum Gasteiger partial charge on any atom is -0.326 e. The van der Waals surface area contributed by atoms with Gasteiger partial charge in [-0.2, -0.15) is 4.31 Å². The van der Waals surface area contributed by atoms with Gasteiger partial charge in [0.05, 0.1) is 4.90 Å². The molecule has 1 aliphatic rings. The minimum absolute atomic E-state index is 0.199. The highest BCUT2D eigenvalue weighted by Crippen LogP contribution is 2.22. The van der Waals surface area contributed by atoms with Gasteiger partial charge in [-0.15, -0.1) is 11.6 Å². The second-order valence-corrected chi connectivity index (χ2v) is 7.30. The monoisotopic (exact) mass is 330 g/mol. The summed E-state index contributed by atoms with van der Waals surface area (Å²) < 4.78 is 26.6. The van der Waals surface area contributed by atoms with Crippen LogP contribution in [0.5, 0.6) is 0 Å². The minimum atomic E-state index is -3.48. The van der Waals surface area contributed by atoms with E-state index in [1.54, 1.807) is 18.2 Å². The maximum atomic E-state index is 12.5. The lowest BCUT2D eigenvalue weighted by atomic mass is 10.2. The van der Waals surface area contributed by atoms with Crippen LogP contribution in [0, 0.1) is 0 Å². The molecule has 1 aromatic carbocycles. The van der Waals surface area contributed by atoms with E-state index in [9.17, 15) is 13.2 Å². The first-order chi connectivity index (χ1) is 10.0. The summed E-state index contributed by atoms with van der Waals surface area (Å²) in [6, 6.07) is 6.35. The number of alkyl halides is 1. The molecule has 7 heteroatoms. The molecule has 116 valence electrons. The second kappa shape index (κ2) is 7.24. The van der Waals surface area contributed by atoms with Gasteiger partial charge in [0.15, 0.2) is 0 Å². The Morgan fingerprint density at radius 3 is 2.62 bits per heavy atom. The number of sulfonamides is 1. The van der Waals surface area contributed by atoms with Crippen molar-refractivity contribution in [1.82, 2.24) is 4.31 Å². The van der Waals surface area contributed by atoms with Crippen LogP contribution in [0.15, 0.2) is 29.2 Å². The topological polar surface area (TPSA) is 66.5 Å². The summed E-state index contributed by atoms with van der Waals surface area (Å²) in [7, 11) is -3.48. The summed E-state index contributed by atoms with van der Waals surface area (Å²) in [5.41, 5.74) is 0.475. The Labute approximate surface area is 130 Å². The summed E-state index contributed by atoms with van der Waals surface area (Å²) in [6.45, 7) is 1.12. The highest BCUT2D eigenvalue weighted by molar-refractivity contribution is 7.89. The molecule has 1 N–H and O–H groups in total. The molecule has 0 aromatic heterocycles. The molecule has 2 rings (SSSR count). The van der Waals surface area contributed by atoms with Crippen LogP contribution in [-0.2, 0) is 14.8 Å². The fourth-order valence-electron chi connectivity index (χ4n) is 2.30. The SMILES string of the molecule is O=C(CCCl)Nc1cccc(S(=O)(=O)N2CCCCC2)c1. The zero-order valence-electron chi connectivity index (χ0n) is 11.7. The molecule has 0 saturated carbocycles. The summed E-state index contributed by atoms with van der Waals surface area (Å²) in [5.74, 6) is 0.00921. The maximum absolute atomic E-state index is 12.5. The van der Waals surface area contributed by atoms with E-state index in [4.69, 9.17) is 11.6 Å². The Balaban J connectivity index is 2.17. The van der Waals surface area contributed by atoms with Crippen LogP contribution in [-0.4, -0.2) is 37.6 Å². The third kappa shape index (κ3) is 4.18. The van der Waals surface area contributed by atoms with Gasteiger partial charge in [0, 0.05) is 31.1 Å². The number of rotatable bonds is 5. The predicted molar refractivity (Wildman–Crippen MR) is 83.0 cm³/mol. The van der Waals surface area contributed by atoms with Crippen molar-refractivity contribution >= 4 is 33.2 Å². The summed E-state index contributed by atoms with van der Waals surface area (Å²) in [6.07, 6.45) is 3.06. The molecule has 21 heavy (non-hydrogen) atoms. The molecule has 1 saturated heterocycles. The quantitative estimate of drug-likeness (QED) is 0.843. The number of carbonyl (C=O) groups excluding carboxylic acids is 1. The lowest BCUT2D eigenvalue weighted by molar-refractivity contribution is -0.115. The molecule has 0 radical (unpaired) electrons. The molecule has 1 amide bonds. The highest BCUT2D eigenvalue weighted by Gasteiger charge is 2.26. The van der Waals surface area contributed by atoms with Gasteiger partial charge >= 0.3 is 0 Å². The molecule has 0 aliphatic carbocycles. The molecule has 1 fully saturated rings. The van der Waals surface area contributed by atoms with Crippen molar-refractivity contribution in [1.29, 1.82) is 0 Å². The van der Waals surface area contributed by atoms with Gasteiger partial charge in [-0.1, -0.05) is 12.5 Å². The van der Waals surface area contributed by atoms with Gasteiger partial charge in [0.1, 0.15) is 0 Å². The molecule has 0 spiro atoms. The number of anilines is 1. The van der Waals surface area contributed by atoms with Crippen LogP contribution < -0.4 is 5.32 Å². The third-order valence-electron chi connectivity index (χ3n) is 3.39. The van der Waals surface area contributed by atoms with Crippen molar-refractivity contribution in [2.24, 2.45) is 0 Å². The van der Waals surface area contributed by atoms with Crippen LogP contribution in [0.25, 0.3) is 0 Å². The van der Waals surface area contributed by atoms with Crippen molar-refractivity contribution < 1.29 is 13.2 Å². The maximum Gasteiger partial charge on any atom is 0.243 e. The lowest BCUT2D eigenvalue weighted by Gasteiger charge is -2.26. The number of nitrogens with zero attached hydrogens (tertiary/aromatic N) is 1. The van der Waals surface area contributed by atoms with E-state index in [0.29, 0.717) is 18.8 Å². The van der Waals surface area contributed by atoms with Gasteiger partial charge < -0.3 is 5.32 Å². The molecule has 0 atom stereocenters. The van der Waals surface area contributed by atoms with Crippen LogP contribution in [0.2, 0.25) is 0 Å². The standard InChI is InChI=1S/C14H19ClN2O3S/c15-8-7-14(18)16-12-5-4-6-13(11-12)21(19,20)17-9-2-1-3-10-17/h4-6,11H,1-3,7-10H2,(H,16,18).